The number of fused-ring (bicyclic) bond motifs is 1. The number of hydrogen-bond acceptors (Lipinski definition) is 2. The molecule has 1 N–H and O–H groups in total. The van der Waals surface area contributed by atoms with Gasteiger partial charge in [0.25, 0.3) is 0 Å². The Bertz CT molecular complexity index is 1120. The van der Waals surface area contributed by atoms with Gasteiger partial charge < -0.3 is 9.88 Å². The van der Waals surface area contributed by atoms with Crippen molar-refractivity contribution in [3.8, 4) is 0 Å². The van der Waals surface area contributed by atoms with Crippen LogP contribution in [0, 0.1) is 0 Å². The lowest BCUT2D eigenvalue weighted by atomic mass is 9.89. The average molecular weight is 412 g/mol. The summed E-state index contributed by atoms with van der Waals surface area (Å²) in [5.74, 6) is 0.267. The fourth-order valence-electron chi connectivity index (χ4n) is 4.22. The summed E-state index contributed by atoms with van der Waals surface area (Å²) in [4.78, 5) is 17.2. The number of amides is 1. The van der Waals surface area contributed by atoms with Crippen LogP contribution in [0.15, 0.2) is 85.2 Å². The highest BCUT2D eigenvalue weighted by atomic mass is 16.1. The van der Waals surface area contributed by atoms with Gasteiger partial charge in [0.05, 0.1) is 0 Å². The van der Waals surface area contributed by atoms with Gasteiger partial charge >= 0.3 is 0 Å². The van der Waals surface area contributed by atoms with Crippen LogP contribution >= 0.6 is 0 Å². The van der Waals surface area contributed by atoms with Gasteiger partial charge in [-0.3, -0.25) is 9.78 Å². The SMILES string of the molecule is Cn1cc([C@@H](CCc2ccccc2)CC(=O)NCCc2ccccn2)c2ccccc21. The lowest BCUT2D eigenvalue weighted by Crippen LogP contribution is -2.27. The van der Waals surface area contributed by atoms with E-state index in [1.807, 2.05) is 24.3 Å². The molecule has 0 saturated carbocycles. The Balaban J connectivity index is 1.47. The first kappa shape index (κ1) is 20.9. The molecule has 4 rings (SSSR count). The minimum absolute atomic E-state index is 0.0990. The number of carbonyl (C=O) groups excluding carboxylic acids is 1. The van der Waals surface area contributed by atoms with Gasteiger partial charge in [0.1, 0.15) is 0 Å². The first-order valence-corrected chi connectivity index (χ1v) is 10.9. The van der Waals surface area contributed by atoms with E-state index in [-0.39, 0.29) is 11.8 Å². The summed E-state index contributed by atoms with van der Waals surface area (Å²) in [7, 11) is 2.08. The third-order valence-electron chi connectivity index (χ3n) is 5.85. The van der Waals surface area contributed by atoms with Gasteiger partial charge in [0, 0.05) is 55.4 Å². The molecule has 158 valence electrons. The molecular formula is C27H29N3O. The maximum absolute atomic E-state index is 12.8. The highest BCUT2D eigenvalue weighted by Crippen LogP contribution is 2.32. The number of para-hydroxylation sites is 1. The van der Waals surface area contributed by atoms with Crippen molar-refractivity contribution in [2.75, 3.05) is 6.54 Å². The van der Waals surface area contributed by atoms with Crippen LogP contribution in [0.2, 0.25) is 0 Å². The molecule has 0 unspecified atom stereocenters. The smallest absolute Gasteiger partial charge is 0.220 e. The van der Waals surface area contributed by atoms with Crippen molar-refractivity contribution in [2.45, 2.75) is 31.6 Å². The number of benzene rings is 2. The monoisotopic (exact) mass is 411 g/mol. The van der Waals surface area contributed by atoms with Gasteiger partial charge in [-0.15, -0.1) is 0 Å². The van der Waals surface area contributed by atoms with Crippen LogP contribution in [0.1, 0.15) is 35.6 Å². The topological polar surface area (TPSA) is 46.9 Å². The molecule has 4 nitrogen and oxygen atoms in total. The Morgan fingerprint density at radius 2 is 1.74 bits per heavy atom. The van der Waals surface area contributed by atoms with E-state index in [9.17, 15) is 4.79 Å². The average Bonchev–Trinajstić information content (AvgIpc) is 3.15. The van der Waals surface area contributed by atoms with E-state index in [1.54, 1.807) is 6.20 Å². The summed E-state index contributed by atoms with van der Waals surface area (Å²) in [5.41, 5.74) is 4.77. The van der Waals surface area contributed by atoms with Crippen LogP contribution in [0.25, 0.3) is 10.9 Å². The van der Waals surface area contributed by atoms with Gasteiger partial charge in [-0.25, -0.2) is 0 Å². The van der Waals surface area contributed by atoms with E-state index in [4.69, 9.17) is 0 Å². The number of carbonyl (C=O) groups is 1. The summed E-state index contributed by atoms with van der Waals surface area (Å²) in [6, 6.07) is 24.8. The molecule has 0 saturated heterocycles. The van der Waals surface area contributed by atoms with Gasteiger partial charge in [-0.2, -0.15) is 0 Å². The van der Waals surface area contributed by atoms with Crippen molar-refractivity contribution in [3.63, 3.8) is 0 Å². The molecule has 1 atom stereocenters. The Morgan fingerprint density at radius 1 is 0.968 bits per heavy atom. The molecule has 0 radical (unpaired) electrons. The molecule has 1 amide bonds. The normalized spacial score (nSPS) is 12.0. The third-order valence-corrected chi connectivity index (χ3v) is 5.85. The van der Waals surface area contributed by atoms with Gasteiger partial charge in [0.15, 0.2) is 0 Å². The standard InChI is InChI=1S/C27H29N3O/c1-30-20-25(24-12-5-6-13-26(24)30)22(15-14-21-9-3-2-4-10-21)19-27(31)29-18-16-23-11-7-8-17-28-23/h2-13,17,20,22H,14-16,18-19H2,1H3,(H,29,31)/t22-/m0/s1. The molecule has 2 aromatic heterocycles. The van der Waals surface area contributed by atoms with Gasteiger partial charge in [-0.05, 0) is 48.1 Å². The Kier molecular flexibility index (Phi) is 6.78. The van der Waals surface area contributed by atoms with E-state index in [2.05, 4.69) is 76.6 Å². The number of rotatable bonds is 9. The van der Waals surface area contributed by atoms with Gasteiger partial charge in [-0.1, -0.05) is 54.6 Å². The molecule has 4 aromatic rings. The predicted molar refractivity (Wildman–Crippen MR) is 126 cm³/mol. The van der Waals surface area contributed by atoms with Crippen molar-refractivity contribution in [1.82, 2.24) is 14.9 Å². The summed E-state index contributed by atoms with van der Waals surface area (Å²) in [6.07, 6.45) is 7.11. The van der Waals surface area contributed by atoms with Crippen molar-refractivity contribution in [1.29, 1.82) is 0 Å². The quantitative estimate of drug-likeness (QED) is 0.419. The molecule has 0 fully saturated rings. The number of hydrogen-bond donors (Lipinski definition) is 1. The Morgan fingerprint density at radius 3 is 2.55 bits per heavy atom. The summed E-state index contributed by atoms with van der Waals surface area (Å²) < 4.78 is 2.17. The number of nitrogens with zero attached hydrogens (tertiary/aromatic N) is 2. The van der Waals surface area contributed by atoms with Crippen molar-refractivity contribution >= 4 is 16.8 Å². The number of nitrogens with one attached hydrogen (secondary N) is 1. The second kappa shape index (κ2) is 10.1. The highest BCUT2D eigenvalue weighted by molar-refractivity contribution is 5.85. The van der Waals surface area contributed by atoms with E-state index in [1.165, 1.54) is 22.0 Å². The van der Waals surface area contributed by atoms with Crippen LogP contribution in [-0.2, 0) is 24.7 Å². The maximum Gasteiger partial charge on any atom is 0.220 e. The predicted octanol–water partition coefficient (Wildman–Crippen LogP) is 5.04. The Hall–Kier alpha value is -3.40. The zero-order valence-corrected chi connectivity index (χ0v) is 18.0. The van der Waals surface area contributed by atoms with E-state index in [0.717, 1.165) is 25.0 Å². The van der Waals surface area contributed by atoms with Crippen LogP contribution in [0.4, 0.5) is 0 Å². The number of pyridine rings is 1. The minimum atomic E-state index is 0.0990. The second-order valence-electron chi connectivity index (χ2n) is 8.06. The molecule has 2 heterocycles. The van der Waals surface area contributed by atoms with E-state index >= 15 is 0 Å². The molecular weight excluding hydrogens is 382 g/mol. The van der Waals surface area contributed by atoms with Crippen LogP contribution < -0.4 is 5.32 Å². The second-order valence-corrected chi connectivity index (χ2v) is 8.06. The third kappa shape index (κ3) is 5.40. The van der Waals surface area contributed by atoms with Crippen LogP contribution in [-0.4, -0.2) is 22.0 Å². The molecule has 0 spiro atoms. The molecule has 0 bridgehead atoms. The molecule has 0 aliphatic heterocycles. The zero-order chi connectivity index (χ0) is 21.5. The van der Waals surface area contributed by atoms with Crippen molar-refractivity contribution in [3.05, 3.63) is 102 Å². The summed E-state index contributed by atoms with van der Waals surface area (Å²) in [6.45, 7) is 0.608. The van der Waals surface area contributed by atoms with Crippen molar-refractivity contribution < 1.29 is 4.79 Å². The molecule has 4 heteroatoms. The molecule has 0 aliphatic rings. The number of aryl methyl sites for hydroxylation is 2. The summed E-state index contributed by atoms with van der Waals surface area (Å²) >= 11 is 0. The number of aromatic nitrogens is 2. The lowest BCUT2D eigenvalue weighted by molar-refractivity contribution is -0.121. The fourth-order valence-corrected chi connectivity index (χ4v) is 4.22. The van der Waals surface area contributed by atoms with E-state index in [0.29, 0.717) is 13.0 Å². The largest absolute Gasteiger partial charge is 0.356 e. The first-order chi connectivity index (χ1) is 15.2. The Labute approximate surface area is 183 Å². The van der Waals surface area contributed by atoms with Crippen LogP contribution in [0.5, 0.6) is 0 Å². The highest BCUT2D eigenvalue weighted by Gasteiger charge is 2.20. The fraction of sp³-hybridized carbons (Fsp3) is 0.259. The van der Waals surface area contributed by atoms with Gasteiger partial charge in [0.2, 0.25) is 5.91 Å². The first-order valence-electron chi connectivity index (χ1n) is 10.9. The van der Waals surface area contributed by atoms with Crippen LogP contribution in [0.3, 0.4) is 0 Å². The summed E-state index contributed by atoms with van der Waals surface area (Å²) in [5, 5.41) is 4.34. The maximum atomic E-state index is 12.8. The molecule has 2 aromatic carbocycles. The lowest BCUT2D eigenvalue weighted by Gasteiger charge is -2.17. The zero-order valence-electron chi connectivity index (χ0n) is 18.0. The molecule has 0 aliphatic carbocycles. The minimum Gasteiger partial charge on any atom is -0.356 e. The van der Waals surface area contributed by atoms with E-state index < -0.39 is 0 Å². The molecule has 31 heavy (non-hydrogen) atoms. The van der Waals surface area contributed by atoms with Crippen molar-refractivity contribution in [2.24, 2.45) is 7.05 Å².